The first-order chi connectivity index (χ1) is 17.6. The molecular formula is C29H34N2O5. The smallest absolute Gasteiger partial charge is 0.258 e. The lowest BCUT2D eigenvalue weighted by Crippen LogP contribution is -2.47. The van der Waals surface area contributed by atoms with Crippen molar-refractivity contribution < 1.29 is 23.7 Å². The SMILES string of the molecule is COc1ccc(OC)c(CN2CCC(N(C(=O)c3ccccc3)c3ccc(OC)c(OC)c3)CC2)c1. The van der Waals surface area contributed by atoms with Crippen molar-refractivity contribution in [2.24, 2.45) is 0 Å². The Bertz CT molecular complexity index is 1160. The van der Waals surface area contributed by atoms with Gasteiger partial charge in [0.2, 0.25) is 0 Å². The molecule has 0 radical (unpaired) electrons. The van der Waals surface area contributed by atoms with Crippen molar-refractivity contribution in [2.75, 3.05) is 46.4 Å². The van der Waals surface area contributed by atoms with E-state index >= 15 is 0 Å². The van der Waals surface area contributed by atoms with E-state index in [0.717, 1.165) is 55.2 Å². The van der Waals surface area contributed by atoms with Gasteiger partial charge in [-0.15, -0.1) is 0 Å². The average Bonchev–Trinajstić information content (AvgIpc) is 2.94. The predicted molar refractivity (Wildman–Crippen MR) is 141 cm³/mol. The van der Waals surface area contributed by atoms with Gasteiger partial charge in [-0.25, -0.2) is 0 Å². The van der Waals surface area contributed by atoms with Gasteiger partial charge in [0.15, 0.2) is 11.5 Å². The van der Waals surface area contributed by atoms with Gasteiger partial charge in [-0.1, -0.05) is 18.2 Å². The zero-order chi connectivity index (χ0) is 25.5. The van der Waals surface area contributed by atoms with E-state index in [2.05, 4.69) is 4.90 Å². The number of likely N-dealkylation sites (tertiary alicyclic amines) is 1. The van der Waals surface area contributed by atoms with Gasteiger partial charge >= 0.3 is 0 Å². The fourth-order valence-electron chi connectivity index (χ4n) is 4.77. The Kier molecular flexibility index (Phi) is 8.33. The average molecular weight is 491 g/mol. The van der Waals surface area contributed by atoms with E-state index < -0.39 is 0 Å². The van der Waals surface area contributed by atoms with Crippen LogP contribution < -0.4 is 23.8 Å². The van der Waals surface area contributed by atoms with Crippen LogP contribution >= 0.6 is 0 Å². The number of rotatable bonds is 9. The Hall–Kier alpha value is -3.71. The number of piperidine rings is 1. The van der Waals surface area contributed by atoms with E-state index in [1.54, 1.807) is 28.4 Å². The number of methoxy groups -OCH3 is 4. The van der Waals surface area contributed by atoms with Gasteiger partial charge < -0.3 is 23.8 Å². The van der Waals surface area contributed by atoms with Gasteiger partial charge in [0, 0.05) is 48.6 Å². The molecule has 3 aromatic carbocycles. The molecule has 3 aromatic rings. The second-order valence-corrected chi connectivity index (χ2v) is 8.77. The first-order valence-electron chi connectivity index (χ1n) is 12.1. The van der Waals surface area contributed by atoms with Crippen LogP contribution in [-0.4, -0.2) is 58.4 Å². The van der Waals surface area contributed by atoms with Gasteiger partial charge in [-0.3, -0.25) is 9.69 Å². The minimum atomic E-state index is -0.0178. The number of ether oxygens (including phenoxy) is 4. The number of benzene rings is 3. The number of carbonyl (C=O) groups is 1. The largest absolute Gasteiger partial charge is 0.497 e. The molecule has 1 aliphatic heterocycles. The van der Waals surface area contributed by atoms with Crippen LogP contribution in [0.4, 0.5) is 5.69 Å². The molecule has 7 nitrogen and oxygen atoms in total. The van der Waals surface area contributed by atoms with Crippen LogP contribution in [-0.2, 0) is 6.54 Å². The molecule has 1 heterocycles. The molecule has 36 heavy (non-hydrogen) atoms. The Labute approximate surface area is 213 Å². The maximum absolute atomic E-state index is 13.7. The standard InChI is InChI=1S/C29H34N2O5/c1-33-25-11-13-26(34-2)22(18-25)20-30-16-14-23(15-17-30)31(29(32)21-8-6-5-7-9-21)24-10-12-27(35-3)28(19-24)36-4/h5-13,18-19,23H,14-17,20H2,1-4H3. The van der Waals surface area contributed by atoms with E-state index in [0.29, 0.717) is 17.1 Å². The summed E-state index contributed by atoms with van der Waals surface area (Å²) in [6, 6.07) is 21.0. The molecule has 7 heteroatoms. The molecule has 1 fully saturated rings. The molecule has 0 bridgehead atoms. The lowest BCUT2D eigenvalue weighted by molar-refractivity contribution is 0.0958. The summed E-state index contributed by atoms with van der Waals surface area (Å²) in [5, 5.41) is 0. The first-order valence-corrected chi connectivity index (χ1v) is 12.1. The van der Waals surface area contributed by atoms with Gasteiger partial charge in [-0.05, 0) is 55.3 Å². The molecule has 190 valence electrons. The number of carbonyl (C=O) groups excluding carboxylic acids is 1. The predicted octanol–water partition coefficient (Wildman–Crippen LogP) is 5.03. The topological polar surface area (TPSA) is 60.5 Å². The van der Waals surface area contributed by atoms with Gasteiger partial charge in [0.25, 0.3) is 5.91 Å². The fraction of sp³-hybridized carbons (Fsp3) is 0.345. The third-order valence-corrected chi connectivity index (χ3v) is 6.69. The maximum atomic E-state index is 13.7. The van der Waals surface area contributed by atoms with E-state index in [1.165, 1.54) is 0 Å². The zero-order valence-electron chi connectivity index (χ0n) is 21.4. The van der Waals surface area contributed by atoms with Crippen molar-refractivity contribution >= 4 is 11.6 Å². The van der Waals surface area contributed by atoms with E-state index in [1.807, 2.05) is 71.6 Å². The van der Waals surface area contributed by atoms with Crippen LogP contribution in [0.5, 0.6) is 23.0 Å². The summed E-state index contributed by atoms with van der Waals surface area (Å²) in [5.74, 6) is 2.88. The van der Waals surface area contributed by atoms with Crippen molar-refractivity contribution in [2.45, 2.75) is 25.4 Å². The molecule has 4 rings (SSSR count). The molecule has 0 atom stereocenters. The second kappa shape index (κ2) is 11.8. The van der Waals surface area contributed by atoms with Crippen LogP contribution in [0.15, 0.2) is 66.7 Å². The Balaban J connectivity index is 1.56. The van der Waals surface area contributed by atoms with E-state index in [-0.39, 0.29) is 11.9 Å². The zero-order valence-corrected chi connectivity index (χ0v) is 21.4. The summed E-state index contributed by atoms with van der Waals surface area (Å²) in [6.07, 6.45) is 1.69. The van der Waals surface area contributed by atoms with Crippen molar-refractivity contribution in [1.29, 1.82) is 0 Å². The maximum Gasteiger partial charge on any atom is 0.258 e. The lowest BCUT2D eigenvalue weighted by Gasteiger charge is -2.39. The molecule has 1 saturated heterocycles. The van der Waals surface area contributed by atoms with Crippen LogP contribution in [0.2, 0.25) is 0 Å². The number of hydrogen-bond acceptors (Lipinski definition) is 6. The molecule has 0 saturated carbocycles. The van der Waals surface area contributed by atoms with Crippen LogP contribution in [0.25, 0.3) is 0 Å². The highest BCUT2D eigenvalue weighted by Gasteiger charge is 2.31. The molecule has 0 aliphatic carbocycles. The summed E-state index contributed by atoms with van der Waals surface area (Å²) in [7, 11) is 6.57. The molecule has 1 amide bonds. The minimum Gasteiger partial charge on any atom is -0.497 e. The molecule has 0 N–H and O–H groups in total. The van der Waals surface area contributed by atoms with Crippen LogP contribution in [0, 0.1) is 0 Å². The molecule has 0 spiro atoms. The summed E-state index contributed by atoms with van der Waals surface area (Å²) in [6.45, 7) is 2.48. The lowest BCUT2D eigenvalue weighted by atomic mass is 10.00. The van der Waals surface area contributed by atoms with Gasteiger partial charge in [0.1, 0.15) is 11.5 Å². The summed E-state index contributed by atoms with van der Waals surface area (Å²) in [5.41, 5.74) is 2.55. The minimum absolute atomic E-state index is 0.0178. The quantitative estimate of drug-likeness (QED) is 0.419. The highest BCUT2D eigenvalue weighted by molar-refractivity contribution is 6.06. The van der Waals surface area contributed by atoms with Crippen molar-refractivity contribution in [1.82, 2.24) is 4.90 Å². The highest BCUT2D eigenvalue weighted by atomic mass is 16.5. The third kappa shape index (κ3) is 5.57. The van der Waals surface area contributed by atoms with Crippen molar-refractivity contribution in [3.05, 3.63) is 77.9 Å². The van der Waals surface area contributed by atoms with Crippen molar-refractivity contribution in [3.63, 3.8) is 0 Å². The molecule has 0 unspecified atom stereocenters. The number of anilines is 1. The Morgan fingerprint density at radius 2 is 1.47 bits per heavy atom. The van der Waals surface area contributed by atoms with E-state index in [4.69, 9.17) is 18.9 Å². The van der Waals surface area contributed by atoms with Crippen LogP contribution in [0.1, 0.15) is 28.8 Å². The van der Waals surface area contributed by atoms with E-state index in [9.17, 15) is 4.79 Å². The van der Waals surface area contributed by atoms with Gasteiger partial charge in [-0.2, -0.15) is 0 Å². The second-order valence-electron chi connectivity index (χ2n) is 8.77. The normalized spacial score (nSPS) is 14.2. The summed E-state index contributed by atoms with van der Waals surface area (Å²) in [4.78, 5) is 18.0. The Morgan fingerprint density at radius 3 is 2.11 bits per heavy atom. The summed E-state index contributed by atoms with van der Waals surface area (Å²) >= 11 is 0. The van der Waals surface area contributed by atoms with Crippen molar-refractivity contribution in [3.8, 4) is 23.0 Å². The van der Waals surface area contributed by atoms with Gasteiger partial charge in [0.05, 0.1) is 28.4 Å². The molecular weight excluding hydrogens is 456 g/mol. The monoisotopic (exact) mass is 490 g/mol. The summed E-state index contributed by atoms with van der Waals surface area (Å²) < 4.78 is 21.9. The fourth-order valence-corrected chi connectivity index (χ4v) is 4.77. The number of hydrogen-bond donors (Lipinski definition) is 0. The number of amides is 1. The molecule has 0 aromatic heterocycles. The highest BCUT2D eigenvalue weighted by Crippen LogP contribution is 2.35. The van der Waals surface area contributed by atoms with Crippen LogP contribution in [0.3, 0.4) is 0 Å². The third-order valence-electron chi connectivity index (χ3n) is 6.69. The first kappa shape index (κ1) is 25.4. The number of nitrogens with zero attached hydrogens (tertiary/aromatic N) is 2. The molecule has 1 aliphatic rings. The Morgan fingerprint density at radius 1 is 0.806 bits per heavy atom.